The zero-order valence-electron chi connectivity index (χ0n) is 10.1. The summed E-state index contributed by atoms with van der Waals surface area (Å²) in [5.74, 6) is -0.0911. The second kappa shape index (κ2) is 4.28. The van der Waals surface area contributed by atoms with Gasteiger partial charge >= 0.3 is 0 Å². The molecule has 0 aromatic carbocycles. The standard InChI is InChI=1S/C13H15FN2O/c1-8(2)12(17)11-7-16(9(3)14)13-10(11)5-4-6-15-13/h4-9H,1-3H3. The van der Waals surface area contributed by atoms with Crippen LogP contribution in [0.1, 0.15) is 37.4 Å². The molecule has 2 aromatic heterocycles. The van der Waals surface area contributed by atoms with Gasteiger partial charge in [0.05, 0.1) is 0 Å². The first kappa shape index (κ1) is 11.8. The molecule has 0 aliphatic heterocycles. The van der Waals surface area contributed by atoms with Gasteiger partial charge in [-0.3, -0.25) is 4.79 Å². The predicted molar refractivity (Wildman–Crippen MR) is 64.7 cm³/mol. The van der Waals surface area contributed by atoms with Crippen LogP contribution < -0.4 is 0 Å². The summed E-state index contributed by atoms with van der Waals surface area (Å²) < 4.78 is 14.8. The van der Waals surface area contributed by atoms with Gasteiger partial charge in [0.2, 0.25) is 0 Å². The summed E-state index contributed by atoms with van der Waals surface area (Å²) in [6.45, 7) is 5.10. The van der Waals surface area contributed by atoms with Gasteiger partial charge in [-0.2, -0.15) is 0 Å². The second-order valence-corrected chi connectivity index (χ2v) is 4.42. The summed E-state index contributed by atoms with van der Waals surface area (Å²) in [5, 5.41) is 0.718. The fourth-order valence-electron chi connectivity index (χ4n) is 1.86. The molecule has 0 amide bonds. The van der Waals surface area contributed by atoms with E-state index in [9.17, 15) is 9.18 Å². The number of aromatic nitrogens is 2. The number of ketones is 1. The molecule has 1 unspecified atom stereocenters. The number of Topliss-reactive ketones (excluding diaryl/α,β-unsaturated/α-hetero) is 1. The molecule has 2 heterocycles. The Morgan fingerprint density at radius 3 is 2.71 bits per heavy atom. The van der Waals surface area contributed by atoms with Crippen molar-refractivity contribution in [3.63, 3.8) is 0 Å². The number of alkyl halides is 1. The number of nitrogens with zero attached hydrogens (tertiary/aromatic N) is 2. The molecule has 2 aromatic rings. The zero-order valence-corrected chi connectivity index (χ0v) is 10.1. The molecule has 0 bridgehead atoms. The Kier molecular flexibility index (Phi) is 2.96. The Morgan fingerprint density at radius 2 is 2.12 bits per heavy atom. The van der Waals surface area contributed by atoms with E-state index in [0.29, 0.717) is 11.2 Å². The van der Waals surface area contributed by atoms with Gasteiger partial charge < -0.3 is 4.57 Å². The summed E-state index contributed by atoms with van der Waals surface area (Å²) in [6.07, 6.45) is 1.97. The second-order valence-electron chi connectivity index (χ2n) is 4.42. The smallest absolute Gasteiger partial charge is 0.174 e. The van der Waals surface area contributed by atoms with E-state index in [1.807, 2.05) is 13.8 Å². The third-order valence-corrected chi connectivity index (χ3v) is 2.76. The van der Waals surface area contributed by atoms with Gasteiger partial charge in [-0.05, 0) is 19.1 Å². The Hall–Kier alpha value is -1.71. The monoisotopic (exact) mass is 234 g/mol. The Labute approximate surface area is 99.3 Å². The number of pyridine rings is 1. The van der Waals surface area contributed by atoms with E-state index in [1.165, 1.54) is 11.5 Å². The van der Waals surface area contributed by atoms with E-state index < -0.39 is 6.30 Å². The van der Waals surface area contributed by atoms with Crippen LogP contribution in [0.2, 0.25) is 0 Å². The molecule has 0 spiro atoms. The van der Waals surface area contributed by atoms with Crippen molar-refractivity contribution in [3.05, 3.63) is 30.1 Å². The minimum Gasteiger partial charge on any atom is -0.301 e. The molecule has 0 aliphatic rings. The highest BCUT2D eigenvalue weighted by Gasteiger charge is 2.19. The van der Waals surface area contributed by atoms with Gasteiger partial charge in [0.1, 0.15) is 5.65 Å². The van der Waals surface area contributed by atoms with Crippen molar-refractivity contribution in [1.29, 1.82) is 0 Å². The van der Waals surface area contributed by atoms with Crippen LogP contribution in [-0.2, 0) is 0 Å². The van der Waals surface area contributed by atoms with Crippen molar-refractivity contribution in [2.45, 2.75) is 27.1 Å². The third-order valence-electron chi connectivity index (χ3n) is 2.76. The Balaban J connectivity index is 2.69. The van der Waals surface area contributed by atoms with Gasteiger partial charge in [0.15, 0.2) is 12.1 Å². The van der Waals surface area contributed by atoms with E-state index in [4.69, 9.17) is 0 Å². The van der Waals surface area contributed by atoms with Gasteiger partial charge in [0.25, 0.3) is 0 Å². The van der Waals surface area contributed by atoms with Crippen LogP contribution in [0.25, 0.3) is 11.0 Å². The molecule has 0 aliphatic carbocycles. The first-order chi connectivity index (χ1) is 8.02. The van der Waals surface area contributed by atoms with Crippen molar-refractivity contribution in [3.8, 4) is 0 Å². The van der Waals surface area contributed by atoms with Crippen LogP contribution in [0.4, 0.5) is 4.39 Å². The zero-order chi connectivity index (χ0) is 12.6. The topological polar surface area (TPSA) is 34.9 Å². The van der Waals surface area contributed by atoms with E-state index in [-0.39, 0.29) is 11.7 Å². The Bertz CT molecular complexity index is 558. The number of carbonyl (C=O) groups is 1. The SMILES string of the molecule is CC(C)C(=O)c1cn(C(C)F)c2ncccc12. The van der Waals surface area contributed by atoms with E-state index >= 15 is 0 Å². The fourth-order valence-corrected chi connectivity index (χ4v) is 1.86. The molecule has 0 saturated carbocycles. The number of carbonyl (C=O) groups excluding carboxylic acids is 1. The number of halogens is 1. The number of rotatable bonds is 3. The highest BCUT2D eigenvalue weighted by atomic mass is 19.1. The van der Waals surface area contributed by atoms with Crippen molar-refractivity contribution in [2.24, 2.45) is 5.92 Å². The lowest BCUT2D eigenvalue weighted by Gasteiger charge is -2.03. The number of fused-ring (bicyclic) bond motifs is 1. The quantitative estimate of drug-likeness (QED) is 0.763. The molecular formula is C13H15FN2O. The van der Waals surface area contributed by atoms with Crippen LogP contribution >= 0.6 is 0 Å². The third kappa shape index (κ3) is 1.95. The number of hydrogen-bond acceptors (Lipinski definition) is 2. The molecule has 3 nitrogen and oxygen atoms in total. The van der Waals surface area contributed by atoms with Gasteiger partial charge in [0, 0.05) is 29.3 Å². The minimum absolute atomic E-state index is 0.0161. The summed E-state index contributed by atoms with van der Waals surface area (Å²) in [4.78, 5) is 16.2. The normalized spacial score (nSPS) is 13.2. The van der Waals surface area contributed by atoms with Crippen LogP contribution in [0.15, 0.2) is 24.5 Å². The van der Waals surface area contributed by atoms with E-state index in [0.717, 1.165) is 5.39 Å². The maximum atomic E-state index is 13.5. The van der Waals surface area contributed by atoms with Crippen LogP contribution in [0.5, 0.6) is 0 Å². The average Bonchev–Trinajstić information content (AvgIpc) is 2.67. The largest absolute Gasteiger partial charge is 0.301 e. The summed E-state index contributed by atoms with van der Waals surface area (Å²) in [5.41, 5.74) is 1.07. The van der Waals surface area contributed by atoms with Gasteiger partial charge in [-0.25, -0.2) is 9.37 Å². The van der Waals surface area contributed by atoms with Crippen LogP contribution in [-0.4, -0.2) is 15.3 Å². The molecule has 1 atom stereocenters. The van der Waals surface area contributed by atoms with Crippen LogP contribution in [0.3, 0.4) is 0 Å². The maximum absolute atomic E-state index is 13.5. The lowest BCUT2D eigenvalue weighted by Crippen LogP contribution is -2.06. The van der Waals surface area contributed by atoms with Crippen LogP contribution in [0, 0.1) is 5.92 Å². The fraction of sp³-hybridized carbons (Fsp3) is 0.385. The van der Waals surface area contributed by atoms with Crippen molar-refractivity contribution in [1.82, 2.24) is 9.55 Å². The van der Waals surface area contributed by atoms with Crippen molar-refractivity contribution in [2.75, 3.05) is 0 Å². The maximum Gasteiger partial charge on any atom is 0.174 e. The molecular weight excluding hydrogens is 219 g/mol. The Morgan fingerprint density at radius 1 is 1.41 bits per heavy atom. The first-order valence-corrected chi connectivity index (χ1v) is 5.66. The first-order valence-electron chi connectivity index (χ1n) is 5.66. The summed E-state index contributed by atoms with van der Waals surface area (Å²) in [7, 11) is 0. The average molecular weight is 234 g/mol. The lowest BCUT2D eigenvalue weighted by molar-refractivity contribution is 0.0940. The molecule has 0 radical (unpaired) electrons. The van der Waals surface area contributed by atoms with Gasteiger partial charge in [-0.1, -0.05) is 13.8 Å². The minimum atomic E-state index is -1.19. The highest BCUT2D eigenvalue weighted by Crippen LogP contribution is 2.25. The van der Waals surface area contributed by atoms with E-state index in [2.05, 4.69) is 4.98 Å². The van der Waals surface area contributed by atoms with E-state index in [1.54, 1.807) is 24.5 Å². The van der Waals surface area contributed by atoms with Crippen molar-refractivity contribution >= 4 is 16.8 Å². The lowest BCUT2D eigenvalue weighted by atomic mass is 10.0. The molecule has 17 heavy (non-hydrogen) atoms. The predicted octanol–water partition coefficient (Wildman–Crippen LogP) is 3.36. The summed E-state index contributed by atoms with van der Waals surface area (Å²) >= 11 is 0. The summed E-state index contributed by atoms with van der Waals surface area (Å²) in [6, 6.07) is 3.56. The molecule has 90 valence electrons. The highest BCUT2D eigenvalue weighted by molar-refractivity contribution is 6.08. The molecule has 2 rings (SSSR count). The van der Waals surface area contributed by atoms with Gasteiger partial charge in [-0.15, -0.1) is 0 Å². The number of hydrogen-bond donors (Lipinski definition) is 0. The molecule has 0 N–H and O–H groups in total. The molecule has 0 fully saturated rings. The van der Waals surface area contributed by atoms with Crippen molar-refractivity contribution < 1.29 is 9.18 Å². The molecule has 4 heteroatoms. The molecule has 0 saturated heterocycles.